The van der Waals surface area contributed by atoms with Gasteiger partial charge in [-0.05, 0) is 38.7 Å². The second-order valence-corrected chi connectivity index (χ2v) is 6.89. The normalized spacial score (nSPS) is 21.9. The molecule has 1 saturated carbocycles. The highest BCUT2D eigenvalue weighted by atomic mass is 127. The van der Waals surface area contributed by atoms with Gasteiger partial charge in [-0.2, -0.15) is 13.2 Å². The van der Waals surface area contributed by atoms with Gasteiger partial charge in [0.2, 0.25) is 0 Å². The van der Waals surface area contributed by atoms with Gasteiger partial charge in [0, 0.05) is 12.6 Å². The van der Waals surface area contributed by atoms with Crippen LogP contribution < -0.4 is 10.6 Å². The number of hydrogen-bond donors (Lipinski definition) is 3. The fraction of sp³-hybridized carbons (Fsp3) is 0.632. The van der Waals surface area contributed by atoms with Crippen molar-refractivity contribution in [3.05, 3.63) is 35.4 Å². The zero-order valence-electron chi connectivity index (χ0n) is 15.7. The molecule has 154 valence electrons. The number of aliphatic imine (C=N–C) groups is 1. The Kier molecular flexibility index (Phi) is 9.86. The van der Waals surface area contributed by atoms with E-state index in [9.17, 15) is 18.3 Å². The lowest BCUT2D eigenvalue weighted by Crippen LogP contribution is -2.47. The molecule has 2 rings (SSSR count). The molecule has 3 atom stereocenters. The summed E-state index contributed by atoms with van der Waals surface area (Å²) in [6.45, 7) is 4.61. The lowest BCUT2D eigenvalue weighted by atomic mass is 9.85. The Labute approximate surface area is 176 Å². The Balaban J connectivity index is 0.00000364. The molecular formula is C19H29F3IN3O. The van der Waals surface area contributed by atoms with Crippen molar-refractivity contribution in [2.24, 2.45) is 10.9 Å². The summed E-state index contributed by atoms with van der Waals surface area (Å²) in [4.78, 5) is 4.36. The van der Waals surface area contributed by atoms with Crippen molar-refractivity contribution >= 4 is 29.9 Å². The van der Waals surface area contributed by atoms with E-state index in [0.717, 1.165) is 11.1 Å². The van der Waals surface area contributed by atoms with Gasteiger partial charge in [-0.25, -0.2) is 0 Å². The number of alkyl halides is 3. The summed E-state index contributed by atoms with van der Waals surface area (Å²) >= 11 is 0. The smallest absolute Gasteiger partial charge is 0.386 e. The van der Waals surface area contributed by atoms with Crippen LogP contribution in [0.15, 0.2) is 29.3 Å². The standard InChI is InChI=1S/C19H28F3N3O.HI/c1-3-23-18(24-12-17(26)14-9-7-13(2)8-10-14)25-16-6-4-5-15(11-16)19(20,21)22;/h7-10,15-17,26H,3-6,11-12H2,1-2H3,(H2,23,24,25);1H. The highest BCUT2D eigenvalue weighted by Gasteiger charge is 2.42. The molecule has 0 spiro atoms. The first-order valence-corrected chi connectivity index (χ1v) is 9.15. The number of aliphatic hydroxyl groups is 1. The zero-order chi connectivity index (χ0) is 19.2. The van der Waals surface area contributed by atoms with Crippen molar-refractivity contribution in [1.29, 1.82) is 0 Å². The van der Waals surface area contributed by atoms with Crippen molar-refractivity contribution < 1.29 is 18.3 Å². The fourth-order valence-electron chi connectivity index (χ4n) is 3.20. The van der Waals surface area contributed by atoms with Crippen molar-refractivity contribution in [3.63, 3.8) is 0 Å². The summed E-state index contributed by atoms with van der Waals surface area (Å²) in [6, 6.07) is 7.29. The molecule has 3 N–H and O–H groups in total. The summed E-state index contributed by atoms with van der Waals surface area (Å²) in [5, 5.41) is 16.4. The third-order valence-electron chi connectivity index (χ3n) is 4.71. The van der Waals surface area contributed by atoms with Crippen molar-refractivity contribution in [1.82, 2.24) is 10.6 Å². The molecule has 0 heterocycles. The zero-order valence-corrected chi connectivity index (χ0v) is 18.1. The monoisotopic (exact) mass is 499 g/mol. The quantitative estimate of drug-likeness (QED) is 0.322. The number of nitrogens with one attached hydrogen (secondary N) is 2. The maximum atomic E-state index is 13.0. The van der Waals surface area contributed by atoms with Crippen LogP contribution in [0.4, 0.5) is 13.2 Å². The number of nitrogens with zero attached hydrogens (tertiary/aromatic N) is 1. The number of rotatable bonds is 5. The van der Waals surface area contributed by atoms with E-state index < -0.39 is 18.2 Å². The third kappa shape index (κ3) is 7.85. The van der Waals surface area contributed by atoms with Crippen LogP contribution in [-0.4, -0.2) is 36.4 Å². The van der Waals surface area contributed by atoms with Gasteiger partial charge in [0.05, 0.1) is 18.6 Å². The Morgan fingerprint density at radius 3 is 2.52 bits per heavy atom. The highest BCUT2D eigenvalue weighted by Crippen LogP contribution is 2.37. The first-order chi connectivity index (χ1) is 12.3. The predicted molar refractivity (Wildman–Crippen MR) is 112 cm³/mol. The molecule has 0 aromatic heterocycles. The SMILES string of the molecule is CCNC(=NCC(O)c1ccc(C)cc1)NC1CCCC(C(F)(F)F)C1.I. The van der Waals surface area contributed by atoms with E-state index in [-0.39, 0.29) is 49.4 Å². The Morgan fingerprint density at radius 1 is 1.26 bits per heavy atom. The number of benzene rings is 1. The Hall–Kier alpha value is -1.03. The van der Waals surface area contributed by atoms with Crippen LogP contribution in [0.5, 0.6) is 0 Å². The van der Waals surface area contributed by atoms with E-state index in [1.807, 2.05) is 38.1 Å². The Morgan fingerprint density at radius 2 is 1.93 bits per heavy atom. The van der Waals surface area contributed by atoms with Crippen LogP contribution in [0.2, 0.25) is 0 Å². The van der Waals surface area contributed by atoms with Crippen molar-refractivity contribution in [2.75, 3.05) is 13.1 Å². The molecule has 1 fully saturated rings. The molecule has 1 aliphatic rings. The number of hydrogen-bond acceptors (Lipinski definition) is 2. The molecule has 3 unspecified atom stereocenters. The molecule has 0 aliphatic heterocycles. The van der Waals surface area contributed by atoms with E-state index in [0.29, 0.717) is 25.3 Å². The van der Waals surface area contributed by atoms with Crippen LogP contribution in [-0.2, 0) is 0 Å². The van der Waals surface area contributed by atoms with Gasteiger partial charge in [-0.3, -0.25) is 4.99 Å². The van der Waals surface area contributed by atoms with Gasteiger partial charge in [0.25, 0.3) is 0 Å². The maximum absolute atomic E-state index is 13.0. The molecular weight excluding hydrogens is 470 g/mol. The molecule has 8 heteroatoms. The maximum Gasteiger partial charge on any atom is 0.391 e. The first-order valence-electron chi connectivity index (χ1n) is 9.15. The lowest BCUT2D eigenvalue weighted by molar-refractivity contribution is -0.183. The van der Waals surface area contributed by atoms with E-state index in [1.54, 1.807) is 0 Å². The van der Waals surface area contributed by atoms with Gasteiger partial charge >= 0.3 is 6.18 Å². The Bertz CT molecular complexity index is 593. The molecule has 0 amide bonds. The molecule has 0 bridgehead atoms. The molecule has 1 aromatic carbocycles. The molecule has 0 radical (unpaired) electrons. The van der Waals surface area contributed by atoms with E-state index in [4.69, 9.17) is 0 Å². The average molecular weight is 499 g/mol. The molecule has 4 nitrogen and oxygen atoms in total. The summed E-state index contributed by atoms with van der Waals surface area (Å²) in [5.41, 5.74) is 1.88. The van der Waals surface area contributed by atoms with Crippen LogP contribution in [0.1, 0.15) is 49.8 Å². The largest absolute Gasteiger partial charge is 0.391 e. The van der Waals surface area contributed by atoms with E-state index in [2.05, 4.69) is 15.6 Å². The van der Waals surface area contributed by atoms with Gasteiger partial charge < -0.3 is 15.7 Å². The number of aryl methyl sites for hydroxylation is 1. The van der Waals surface area contributed by atoms with E-state index in [1.165, 1.54) is 0 Å². The minimum Gasteiger partial charge on any atom is -0.386 e. The van der Waals surface area contributed by atoms with Crippen molar-refractivity contribution in [3.8, 4) is 0 Å². The second-order valence-electron chi connectivity index (χ2n) is 6.89. The molecule has 1 aliphatic carbocycles. The second kappa shape index (κ2) is 11.1. The van der Waals surface area contributed by atoms with Crippen molar-refractivity contribution in [2.45, 2.75) is 57.9 Å². The molecule has 0 saturated heterocycles. The summed E-state index contributed by atoms with van der Waals surface area (Å²) in [7, 11) is 0. The predicted octanol–water partition coefficient (Wildman–Crippen LogP) is 4.32. The van der Waals surface area contributed by atoms with E-state index >= 15 is 0 Å². The first kappa shape index (κ1) is 24.0. The number of halogens is 4. The van der Waals surface area contributed by atoms with Crippen LogP contribution in [0.3, 0.4) is 0 Å². The minimum absolute atomic E-state index is 0. The van der Waals surface area contributed by atoms with Gasteiger partial charge in [0.15, 0.2) is 5.96 Å². The summed E-state index contributed by atoms with van der Waals surface area (Å²) in [5.74, 6) is -0.804. The van der Waals surface area contributed by atoms with Gasteiger partial charge in [-0.15, -0.1) is 24.0 Å². The number of guanidine groups is 1. The minimum atomic E-state index is -4.14. The summed E-state index contributed by atoms with van der Waals surface area (Å²) in [6.07, 6.45) is -3.39. The van der Waals surface area contributed by atoms with Crippen LogP contribution in [0, 0.1) is 12.8 Å². The van der Waals surface area contributed by atoms with Gasteiger partial charge in [0.1, 0.15) is 0 Å². The van der Waals surface area contributed by atoms with Gasteiger partial charge in [-0.1, -0.05) is 36.2 Å². The number of aliphatic hydroxyl groups excluding tert-OH is 1. The highest BCUT2D eigenvalue weighted by molar-refractivity contribution is 14.0. The van der Waals surface area contributed by atoms with Crippen LogP contribution in [0.25, 0.3) is 0 Å². The topological polar surface area (TPSA) is 56.7 Å². The average Bonchev–Trinajstić information content (AvgIpc) is 2.60. The third-order valence-corrected chi connectivity index (χ3v) is 4.71. The molecule has 27 heavy (non-hydrogen) atoms. The lowest BCUT2D eigenvalue weighted by Gasteiger charge is -2.32. The molecule has 1 aromatic rings. The van der Waals surface area contributed by atoms with Crippen LogP contribution >= 0.6 is 24.0 Å². The summed E-state index contributed by atoms with van der Waals surface area (Å²) < 4.78 is 38.9. The fourth-order valence-corrected chi connectivity index (χ4v) is 3.20.